The summed E-state index contributed by atoms with van der Waals surface area (Å²) in [6, 6.07) is 0. The summed E-state index contributed by atoms with van der Waals surface area (Å²) in [5.74, 6) is 1.70. The maximum Gasteiger partial charge on any atom is 0.158 e. The van der Waals surface area contributed by atoms with E-state index in [1.807, 2.05) is 0 Å². The van der Waals surface area contributed by atoms with E-state index in [1.165, 1.54) is 77.0 Å². The van der Waals surface area contributed by atoms with E-state index >= 15 is 0 Å². The first-order valence-corrected chi connectivity index (χ1v) is 14.3. The molecule has 4 aliphatic rings. The van der Waals surface area contributed by atoms with Crippen LogP contribution in [0.5, 0.6) is 0 Å². The number of hydrogen-bond acceptors (Lipinski definition) is 4. The van der Waals surface area contributed by atoms with Gasteiger partial charge in [-0.2, -0.15) is 0 Å². The van der Waals surface area contributed by atoms with Crippen LogP contribution >= 0.6 is 0 Å². The van der Waals surface area contributed by atoms with Crippen molar-refractivity contribution >= 4 is 0 Å². The summed E-state index contributed by atoms with van der Waals surface area (Å²) in [6.45, 7) is 6.34. The third-order valence-electron chi connectivity index (χ3n) is 9.04. The van der Waals surface area contributed by atoms with Gasteiger partial charge in [0.15, 0.2) is 12.6 Å². The summed E-state index contributed by atoms with van der Waals surface area (Å²) >= 11 is 0. The van der Waals surface area contributed by atoms with Crippen LogP contribution in [0.25, 0.3) is 0 Å². The average Bonchev–Trinajstić information content (AvgIpc) is 2.83. The predicted molar refractivity (Wildman–Crippen MR) is 129 cm³/mol. The molecule has 0 bridgehead atoms. The van der Waals surface area contributed by atoms with Crippen molar-refractivity contribution < 1.29 is 18.9 Å². The Labute approximate surface area is 197 Å². The van der Waals surface area contributed by atoms with Crippen molar-refractivity contribution in [1.82, 2.24) is 0 Å². The molecule has 4 fully saturated rings. The van der Waals surface area contributed by atoms with Crippen molar-refractivity contribution in [2.75, 3.05) is 13.2 Å². The van der Waals surface area contributed by atoms with Crippen LogP contribution in [-0.4, -0.2) is 37.0 Å². The normalized spacial score (nSPS) is 41.4. The summed E-state index contributed by atoms with van der Waals surface area (Å²) in [6.07, 6.45) is 21.7. The zero-order valence-electron chi connectivity index (χ0n) is 21.1. The molecule has 4 heteroatoms. The molecule has 32 heavy (non-hydrogen) atoms. The first-order valence-electron chi connectivity index (χ1n) is 14.3. The van der Waals surface area contributed by atoms with Gasteiger partial charge in [0.1, 0.15) is 11.2 Å². The lowest BCUT2D eigenvalue weighted by Crippen LogP contribution is -2.63. The highest BCUT2D eigenvalue weighted by Crippen LogP contribution is 2.54. The quantitative estimate of drug-likeness (QED) is 0.364. The van der Waals surface area contributed by atoms with Gasteiger partial charge >= 0.3 is 0 Å². The van der Waals surface area contributed by atoms with Gasteiger partial charge in [-0.1, -0.05) is 39.5 Å². The van der Waals surface area contributed by atoms with Crippen LogP contribution in [0, 0.1) is 11.8 Å². The van der Waals surface area contributed by atoms with Crippen molar-refractivity contribution in [2.45, 2.75) is 153 Å². The molecule has 2 aliphatic carbocycles. The second kappa shape index (κ2) is 12.0. The van der Waals surface area contributed by atoms with Gasteiger partial charge in [-0.25, -0.2) is 0 Å². The van der Waals surface area contributed by atoms with E-state index in [0.29, 0.717) is 0 Å². The third kappa shape index (κ3) is 5.90. The zero-order valence-corrected chi connectivity index (χ0v) is 21.1. The fourth-order valence-corrected chi connectivity index (χ4v) is 7.15. The molecule has 2 heterocycles. The molecule has 4 rings (SSSR count). The van der Waals surface area contributed by atoms with E-state index in [-0.39, 0.29) is 23.8 Å². The first kappa shape index (κ1) is 24.9. The summed E-state index contributed by atoms with van der Waals surface area (Å²) in [5, 5.41) is 0. The van der Waals surface area contributed by atoms with Crippen LogP contribution in [-0.2, 0) is 18.9 Å². The molecule has 2 atom stereocenters. The topological polar surface area (TPSA) is 36.9 Å². The Morgan fingerprint density at radius 1 is 0.594 bits per heavy atom. The lowest BCUT2D eigenvalue weighted by Gasteiger charge is -2.57. The van der Waals surface area contributed by atoms with Gasteiger partial charge in [-0.05, 0) is 102 Å². The molecule has 0 aromatic heterocycles. The molecule has 0 aromatic rings. The SMILES string of the molecule is CCCC1CCC(OC2CCCCO2)(C2(OC3CCCCO3)CCC(CCC)CC2)CC1. The van der Waals surface area contributed by atoms with Gasteiger partial charge in [0.25, 0.3) is 0 Å². The van der Waals surface area contributed by atoms with Crippen LogP contribution in [0.1, 0.15) is 129 Å². The van der Waals surface area contributed by atoms with Crippen molar-refractivity contribution in [1.29, 1.82) is 0 Å². The average molecular weight is 451 g/mol. The Morgan fingerprint density at radius 3 is 1.31 bits per heavy atom. The minimum atomic E-state index is -0.211. The van der Waals surface area contributed by atoms with Crippen LogP contribution < -0.4 is 0 Å². The predicted octanol–water partition coefficient (Wildman–Crippen LogP) is 7.53. The molecular weight excluding hydrogens is 400 g/mol. The van der Waals surface area contributed by atoms with Crippen molar-refractivity contribution in [3.8, 4) is 0 Å². The highest BCUT2D eigenvalue weighted by Gasteiger charge is 2.57. The van der Waals surface area contributed by atoms with Crippen LogP contribution in [0.3, 0.4) is 0 Å². The Balaban J connectivity index is 1.57. The molecule has 2 saturated heterocycles. The Kier molecular flexibility index (Phi) is 9.35. The van der Waals surface area contributed by atoms with Crippen LogP contribution in [0.2, 0.25) is 0 Å². The molecule has 0 radical (unpaired) electrons. The van der Waals surface area contributed by atoms with E-state index in [1.54, 1.807) is 0 Å². The van der Waals surface area contributed by atoms with E-state index < -0.39 is 0 Å². The van der Waals surface area contributed by atoms with Crippen molar-refractivity contribution in [3.63, 3.8) is 0 Å². The maximum atomic E-state index is 7.12. The molecule has 0 spiro atoms. The van der Waals surface area contributed by atoms with Gasteiger partial charge in [-0.15, -0.1) is 0 Å². The minimum Gasteiger partial charge on any atom is -0.353 e. The minimum absolute atomic E-state index is 0.0485. The van der Waals surface area contributed by atoms with Crippen molar-refractivity contribution in [2.24, 2.45) is 11.8 Å². The van der Waals surface area contributed by atoms with E-state index in [0.717, 1.165) is 63.6 Å². The fraction of sp³-hybridized carbons (Fsp3) is 1.00. The fourth-order valence-electron chi connectivity index (χ4n) is 7.15. The summed E-state index contributed by atoms with van der Waals surface area (Å²) in [5.41, 5.74) is -0.422. The number of ether oxygens (including phenoxy) is 4. The molecule has 2 saturated carbocycles. The molecule has 4 nitrogen and oxygen atoms in total. The van der Waals surface area contributed by atoms with E-state index in [9.17, 15) is 0 Å². The maximum absolute atomic E-state index is 7.12. The monoisotopic (exact) mass is 450 g/mol. The van der Waals surface area contributed by atoms with Gasteiger partial charge in [0.2, 0.25) is 0 Å². The lowest BCUT2D eigenvalue weighted by molar-refractivity contribution is -0.337. The molecule has 0 amide bonds. The van der Waals surface area contributed by atoms with Gasteiger partial charge < -0.3 is 18.9 Å². The highest BCUT2D eigenvalue weighted by molar-refractivity contribution is 5.07. The Morgan fingerprint density at radius 2 is 1.00 bits per heavy atom. The zero-order chi connectivity index (χ0) is 22.3. The Hall–Kier alpha value is -0.160. The molecule has 2 unspecified atom stereocenters. The highest BCUT2D eigenvalue weighted by atomic mass is 16.7. The molecular formula is C28H50O4. The Bertz CT molecular complexity index is 474. The summed E-state index contributed by atoms with van der Waals surface area (Å²) in [4.78, 5) is 0. The van der Waals surface area contributed by atoms with E-state index in [2.05, 4.69) is 13.8 Å². The molecule has 0 N–H and O–H groups in total. The number of rotatable bonds is 9. The summed E-state index contributed by atoms with van der Waals surface area (Å²) < 4.78 is 26.6. The lowest BCUT2D eigenvalue weighted by atomic mass is 9.62. The van der Waals surface area contributed by atoms with E-state index in [4.69, 9.17) is 18.9 Å². The smallest absolute Gasteiger partial charge is 0.158 e. The molecule has 0 aromatic carbocycles. The second-order valence-corrected chi connectivity index (χ2v) is 11.3. The molecule has 2 aliphatic heterocycles. The summed E-state index contributed by atoms with van der Waals surface area (Å²) in [7, 11) is 0. The largest absolute Gasteiger partial charge is 0.353 e. The molecule has 186 valence electrons. The standard InChI is InChI=1S/C28H50O4/c1-3-9-23-13-17-27(18-14-23,31-25-11-5-7-21-29-25)28(32-26-12-6-8-22-30-26)19-15-24(10-4-2)16-20-28/h23-26H,3-22H2,1-2H3. The third-order valence-corrected chi connectivity index (χ3v) is 9.04. The van der Waals surface area contributed by atoms with Crippen LogP contribution in [0.4, 0.5) is 0 Å². The van der Waals surface area contributed by atoms with Gasteiger partial charge in [0, 0.05) is 13.2 Å². The first-order chi connectivity index (χ1) is 15.7. The van der Waals surface area contributed by atoms with Gasteiger partial charge in [-0.3, -0.25) is 0 Å². The van der Waals surface area contributed by atoms with Gasteiger partial charge in [0.05, 0.1) is 0 Å². The van der Waals surface area contributed by atoms with Crippen LogP contribution in [0.15, 0.2) is 0 Å². The second-order valence-electron chi connectivity index (χ2n) is 11.3. The van der Waals surface area contributed by atoms with Crippen molar-refractivity contribution in [3.05, 3.63) is 0 Å². The number of hydrogen-bond donors (Lipinski definition) is 0.